The molecule has 0 spiro atoms. The number of Topliss-reactive ketones (excluding diaryl/α,β-unsaturated/α-hetero) is 1. The zero-order chi connectivity index (χ0) is 26.7. The molecule has 1 fully saturated rings. The second-order valence-electron chi connectivity index (χ2n) is 9.69. The van der Waals surface area contributed by atoms with Crippen molar-refractivity contribution in [1.82, 2.24) is 14.7 Å². The molecule has 2 aromatic carbocycles. The molecule has 0 N–H and O–H groups in total. The Morgan fingerprint density at radius 3 is 2.49 bits per heavy atom. The fraction of sp³-hybridized carbons (Fsp3) is 0.444. The van der Waals surface area contributed by atoms with Gasteiger partial charge in [-0.05, 0) is 68.0 Å². The minimum atomic E-state index is -3.55. The van der Waals surface area contributed by atoms with Crippen molar-refractivity contribution in [2.45, 2.75) is 44.0 Å². The van der Waals surface area contributed by atoms with Crippen LogP contribution in [0.4, 0.5) is 4.39 Å². The van der Waals surface area contributed by atoms with Crippen LogP contribution in [0.15, 0.2) is 41.4 Å². The van der Waals surface area contributed by atoms with Gasteiger partial charge in [0.05, 0.1) is 16.0 Å². The zero-order valence-electron chi connectivity index (χ0n) is 21.4. The maximum absolute atomic E-state index is 14.5. The van der Waals surface area contributed by atoms with Gasteiger partial charge in [-0.1, -0.05) is 0 Å². The summed E-state index contributed by atoms with van der Waals surface area (Å²) in [5.74, 6) is -0.862. The highest BCUT2D eigenvalue weighted by Gasteiger charge is 2.26. The summed E-state index contributed by atoms with van der Waals surface area (Å²) < 4.78 is 44.7. The predicted molar refractivity (Wildman–Crippen MR) is 138 cm³/mol. The van der Waals surface area contributed by atoms with Crippen molar-refractivity contribution in [2.24, 2.45) is 5.92 Å². The van der Waals surface area contributed by atoms with Crippen LogP contribution >= 0.6 is 0 Å². The highest BCUT2D eigenvalue weighted by atomic mass is 32.2. The van der Waals surface area contributed by atoms with Gasteiger partial charge in [-0.25, -0.2) is 12.8 Å². The van der Waals surface area contributed by atoms with E-state index >= 15 is 0 Å². The van der Waals surface area contributed by atoms with Crippen molar-refractivity contribution < 1.29 is 27.1 Å². The smallest absolute Gasteiger partial charge is 0.256 e. The number of aromatic nitrogens is 2. The molecule has 3 aromatic rings. The highest BCUT2D eigenvalue weighted by molar-refractivity contribution is 7.90. The summed E-state index contributed by atoms with van der Waals surface area (Å²) in [6.07, 6.45) is 5.59. The van der Waals surface area contributed by atoms with Crippen molar-refractivity contribution in [3.63, 3.8) is 0 Å². The largest absolute Gasteiger partial charge is 0.385 e. The average Bonchev–Trinajstić information content (AvgIpc) is 3.27. The third-order valence-electron chi connectivity index (χ3n) is 7.00. The first-order chi connectivity index (χ1) is 17.6. The van der Waals surface area contributed by atoms with Gasteiger partial charge in [-0.3, -0.25) is 14.3 Å². The second-order valence-corrected chi connectivity index (χ2v) is 11.7. The minimum absolute atomic E-state index is 0.101. The summed E-state index contributed by atoms with van der Waals surface area (Å²) in [5, 5.41) is 5.65. The fourth-order valence-corrected chi connectivity index (χ4v) is 5.47. The van der Waals surface area contributed by atoms with Gasteiger partial charge in [0.2, 0.25) is 0 Å². The molecule has 0 bridgehead atoms. The molecule has 1 amide bonds. The summed E-state index contributed by atoms with van der Waals surface area (Å²) in [7, 11) is -1.92. The van der Waals surface area contributed by atoms with E-state index in [1.165, 1.54) is 12.1 Å². The Balaban J connectivity index is 1.38. The fourth-order valence-electron chi connectivity index (χ4n) is 4.84. The van der Waals surface area contributed by atoms with Crippen molar-refractivity contribution >= 4 is 32.4 Å². The standard InChI is InChI=1S/C27H32FN3O5S/c1-18-21(26(32)5-4-14-36-2)8-9-25-23(18)17-31(29-25)16-19-10-12-30(13-11-19)27(33)22-7-6-20(15-24(22)28)37(3,34)35/h6-9,15,17,19H,4-5,10-14,16H2,1-3H3. The monoisotopic (exact) mass is 529 g/mol. The minimum Gasteiger partial charge on any atom is -0.385 e. The Kier molecular flexibility index (Phi) is 8.08. The number of sulfone groups is 1. The number of carbonyl (C=O) groups excluding carboxylic acids is 2. The van der Waals surface area contributed by atoms with Crippen LogP contribution in [0.3, 0.4) is 0 Å². The van der Waals surface area contributed by atoms with Gasteiger partial charge in [0.1, 0.15) is 5.82 Å². The van der Waals surface area contributed by atoms with Crippen molar-refractivity contribution in [2.75, 3.05) is 33.1 Å². The van der Waals surface area contributed by atoms with E-state index in [0.29, 0.717) is 50.6 Å². The molecule has 1 aliphatic rings. The normalized spacial score (nSPS) is 14.9. The molecule has 37 heavy (non-hydrogen) atoms. The molecule has 8 nitrogen and oxygen atoms in total. The first kappa shape index (κ1) is 26.9. The predicted octanol–water partition coefficient (Wildman–Crippen LogP) is 4.05. The van der Waals surface area contributed by atoms with Gasteiger partial charge in [-0.2, -0.15) is 5.10 Å². The van der Waals surface area contributed by atoms with Gasteiger partial charge in [-0.15, -0.1) is 0 Å². The average molecular weight is 530 g/mol. The van der Waals surface area contributed by atoms with Crippen molar-refractivity contribution in [3.8, 4) is 0 Å². The van der Waals surface area contributed by atoms with Crippen LogP contribution in [0, 0.1) is 18.7 Å². The van der Waals surface area contributed by atoms with Gasteiger partial charge >= 0.3 is 0 Å². The van der Waals surface area contributed by atoms with Crippen LogP contribution < -0.4 is 0 Å². The first-order valence-electron chi connectivity index (χ1n) is 12.4. The maximum Gasteiger partial charge on any atom is 0.256 e. The summed E-state index contributed by atoms with van der Waals surface area (Å²) in [6, 6.07) is 7.14. The molecule has 0 atom stereocenters. The number of hydrogen-bond acceptors (Lipinski definition) is 6. The zero-order valence-corrected chi connectivity index (χ0v) is 22.2. The molecule has 4 rings (SSSR count). The number of nitrogens with zero attached hydrogens (tertiary/aromatic N) is 3. The summed E-state index contributed by atoms with van der Waals surface area (Å²) in [4.78, 5) is 26.9. The lowest BCUT2D eigenvalue weighted by Crippen LogP contribution is -2.39. The summed E-state index contributed by atoms with van der Waals surface area (Å²) in [5.41, 5.74) is 2.36. The number of likely N-dealkylation sites (tertiary alicyclic amines) is 1. The number of benzene rings is 2. The maximum atomic E-state index is 14.5. The number of rotatable bonds is 9. The van der Waals surface area contributed by atoms with E-state index in [2.05, 4.69) is 0 Å². The highest BCUT2D eigenvalue weighted by Crippen LogP contribution is 2.26. The third kappa shape index (κ3) is 6.07. The van der Waals surface area contributed by atoms with Crippen molar-refractivity contribution in [3.05, 3.63) is 59.0 Å². The lowest BCUT2D eigenvalue weighted by molar-refractivity contribution is 0.0676. The number of carbonyl (C=O) groups is 2. The topological polar surface area (TPSA) is 98.6 Å². The van der Waals surface area contributed by atoms with Crippen LogP contribution in [-0.4, -0.2) is 67.9 Å². The number of piperidine rings is 1. The molecule has 1 aliphatic heterocycles. The van der Waals surface area contributed by atoms with E-state index in [4.69, 9.17) is 9.84 Å². The molecule has 0 saturated carbocycles. The number of halogens is 1. The first-order valence-corrected chi connectivity index (χ1v) is 14.3. The Morgan fingerprint density at radius 2 is 1.84 bits per heavy atom. The Morgan fingerprint density at radius 1 is 1.14 bits per heavy atom. The third-order valence-corrected chi connectivity index (χ3v) is 8.12. The van der Waals surface area contributed by atoms with E-state index in [1.807, 2.05) is 29.9 Å². The molecule has 198 valence electrons. The molecule has 1 saturated heterocycles. The van der Waals surface area contributed by atoms with Crippen molar-refractivity contribution in [1.29, 1.82) is 0 Å². The SMILES string of the molecule is COCCCC(=O)c1ccc2nn(CC3CCN(C(=O)c4ccc(S(C)(=O)=O)cc4F)CC3)cc2c1C. The van der Waals surface area contributed by atoms with Crippen LogP contribution in [0.1, 0.15) is 52.0 Å². The summed E-state index contributed by atoms with van der Waals surface area (Å²) in [6.45, 7) is 4.15. The van der Waals surface area contributed by atoms with Gasteiger partial charge in [0.15, 0.2) is 15.6 Å². The number of fused-ring (bicyclic) bond motifs is 1. The molecular weight excluding hydrogens is 497 g/mol. The lowest BCUT2D eigenvalue weighted by Gasteiger charge is -2.32. The van der Waals surface area contributed by atoms with Crippen LogP contribution in [0.25, 0.3) is 10.9 Å². The van der Waals surface area contributed by atoms with Crippen LogP contribution in [0.2, 0.25) is 0 Å². The summed E-state index contributed by atoms with van der Waals surface area (Å²) >= 11 is 0. The molecular formula is C27H32FN3O5S. The number of ketones is 1. The quantitative estimate of drug-likeness (QED) is 0.306. The number of ether oxygens (including phenoxy) is 1. The molecule has 0 radical (unpaired) electrons. The van der Waals surface area contributed by atoms with Gasteiger partial charge < -0.3 is 9.64 Å². The number of hydrogen-bond donors (Lipinski definition) is 0. The second kappa shape index (κ2) is 11.1. The molecule has 0 aliphatic carbocycles. The Hall–Kier alpha value is -3.11. The number of amides is 1. The van der Waals surface area contributed by atoms with E-state index in [0.717, 1.165) is 41.6 Å². The van der Waals surface area contributed by atoms with Gasteiger partial charge in [0.25, 0.3) is 5.91 Å². The number of aryl methyl sites for hydroxylation is 1. The van der Waals surface area contributed by atoms with Gasteiger partial charge in [0, 0.05) is 63.2 Å². The number of methoxy groups -OCH3 is 1. The lowest BCUT2D eigenvalue weighted by atomic mass is 9.96. The molecule has 2 heterocycles. The molecule has 0 unspecified atom stereocenters. The van der Waals surface area contributed by atoms with E-state index in [-0.39, 0.29) is 16.2 Å². The van der Waals surface area contributed by atoms with E-state index in [9.17, 15) is 22.4 Å². The van der Waals surface area contributed by atoms with E-state index in [1.54, 1.807) is 12.0 Å². The molecule has 10 heteroatoms. The Bertz CT molecular complexity index is 1430. The van der Waals surface area contributed by atoms with Crippen LogP contribution in [-0.2, 0) is 21.1 Å². The van der Waals surface area contributed by atoms with E-state index < -0.39 is 21.6 Å². The molecule has 1 aromatic heterocycles. The Labute approximate surface area is 216 Å². The van der Waals surface area contributed by atoms with Crippen LogP contribution in [0.5, 0.6) is 0 Å².